The molecule has 0 aliphatic heterocycles. The van der Waals surface area contributed by atoms with Gasteiger partial charge in [0.25, 0.3) is 5.91 Å². The zero-order chi connectivity index (χ0) is 12.3. The van der Waals surface area contributed by atoms with Crippen molar-refractivity contribution in [3.05, 3.63) is 59.5 Å². The number of aryl methyl sites for hydroxylation is 1. The number of carbonyl (C=O) groups is 1. The van der Waals surface area contributed by atoms with E-state index in [0.29, 0.717) is 6.54 Å². The molecule has 0 radical (unpaired) electrons. The van der Waals surface area contributed by atoms with Gasteiger partial charge in [-0.1, -0.05) is 18.2 Å². The molecule has 0 spiro atoms. The number of benzene rings is 1. The monoisotopic (exact) mass is 229 g/mol. The zero-order valence-corrected chi connectivity index (χ0v) is 10.0. The van der Waals surface area contributed by atoms with Crippen LogP contribution in [0, 0.1) is 6.92 Å². The summed E-state index contributed by atoms with van der Waals surface area (Å²) in [5, 5.41) is 0. The molecule has 3 nitrogen and oxygen atoms in total. The van der Waals surface area contributed by atoms with Gasteiger partial charge in [-0.3, -0.25) is 4.79 Å². The van der Waals surface area contributed by atoms with Crippen molar-refractivity contribution in [2.75, 3.05) is 7.05 Å². The van der Waals surface area contributed by atoms with Gasteiger partial charge in [-0.05, 0) is 24.6 Å². The first-order valence-electron chi connectivity index (χ1n) is 5.50. The molecular formula is C14H15NO2. The molecule has 1 aromatic heterocycles. The van der Waals surface area contributed by atoms with Crippen LogP contribution in [-0.4, -0.2) is 17.9 Å². The third-order valence-electron chi connectivity index (χ3n) is 2.72. The van der Waals surface area contributed by atoms with Crippen molar-refractivity contribution < 1.29 is 9.21 Å². The van der Waals surface area contributed by atoms with Gasteiger partial charge in [-0.2, -0.15) is 0 Å². The van der Waals surface area contributed by atoms with Crippen LogP contribution >= 0.6 is 0 Å². The van der Waals surface area contributed by atoms with E-state index in [1.807, 2.05) is 37.3 Å². The summed E-state index contributed by atoms with van der Waals surface area (Å²) in [4.78, 5) is 13.9. The van der Waals surface area contributed by atoms with Crippen LogP contribution in [0.3, 0.4) is 0 Å². The number of nitrogens with zero attached hydrogens (tertiary/aromatic N) is 1. The summed E-state index contributed by atoms with van der Waals surface area (Å²) in [5.41, 5.74) is 2.74. The minimum Gasteiger partial charge on any atom is -0.472 e. The lowest BCUT2D eigenvalue weighted by Crippen LogP contribution is -2.26. The van der Waals surface area contributed by atoms with E-state index in [0.717, 1.165) is 16.7 Å². The van der Waals surface area contributed by atoms with E-state index in [4.69, 9.17) is 4.42 Å². The first-order chi connectivity index (χ1) is 8.18. The van der Waals surface area contributed by atoms with Crippen molar-refractivity contribution in [2.24, 2.45) is 0 Å². The molecule has 0 saturated carbocycles. The molecule has 0 aliphatic carbocycles. The lowest BCUT2D eigenvalue weighted by Gasteiger charge is -2.17. The van der Waals surface area contributed by atoms with E-state index < -0.39 is 0 Å². The molecule has 3 heteroatoms. The molecule has 2 aromatic rings. The molecule has 1 heterocycles. The van der Waals surface area contributed by atoms with Crippen molar-refractivity contribution in [2.45, 2.75) is 13.5 Å². The van der Waals surface area contributed by atoms with Gasteiger partial charge in [-0.15, -0.1) is 0 Å². The maximum atomic E-state index is 12.2. The Kier molecular flexibility index (Phi) is 3.28. The summed E-state index contributed by atoms with van der Waals surface area (Å²) in [6.45, 7) is 2.50. The van der Waals surface area contributed by atoms with Crippen LogP contribution in [0.15, 0.2) is 47.3 Å². The summed E-state index contributed by atoms with van der Waals surface area (Å²) in [6.07, 6.45) is 3.27. The second-order valence-electron chi connectivity index (χ2n) is 4.11. The predicted octanol–water partition coefficient (Wildman–Crippen LogP) is 2.86. The topological polar surface area (TPSA) is 33.5 Å². The number of amides is 1. The van der Waals surface area contributed by atoms with E-state index in [9.17, 15) is 4.79 Å². The Balaban J connectivity index is 2.13. The molecule has 0 atom stereocenters. The Bertz CT molecular complexity index is 503. The molecule has 1 amide bonds. The fourth-order valence-corrected chi connectivity index (χ4v) is 1.75. The van der Waals surface area contributed by atoms with Gasteiger partial charge in [0.2, 0.25) is 0 Å². The third-order valence-corrected chi connectivity index (χ3v) is 2.72. The van der Waals surface area contributed by atoms with Gasteiger partial charge in [0.05, 0.1) is 12.5 Å². The second-order valence-corrected chi connectivity index (χ2v) is 4.11. The zero-order valence-electron chi connectivity index (χ0n) is 10.0. The number of hydrogen-bond acceptors (Lipinski definition) is 2. The average molecular weight is 229 g/mol. The van der Waals surface area contributed by atoms with Gasteiger partial charge >= 0.3 is 0 Å². The van der Waals surface area contributed by atoms with Crippen molar-refractivity contribution in [3.8, 4) is 0 Å². The minimum atomic E-state index is 0.0318. The summed E-state index contributed by atoms with van der Waals surface area (Å²) in [7, 11) is 1.79. The molecule has 0 bridgehead atoms. The van der Waals surface area contributed by atoms with Gasteiger partial charge in [0.15, 0.2) is 0 Å². The molecule has 1 aromatic carbocycles. The molecule has 0 fully saturated rings. The van der Waals surface area contributed by atoms with Gasteiger partial charge < -0.3 is 9.32 Å². The molecule has 0 N–H and O–H groups in total. The predicted molar refractivity (Wildman–Crippen MR) is 65.7 cm³/mol. The van der Waals surface area contributed by atoms with Crippen molar-refractivity contribution >= 4 is 5.91 Å². The van der Waals surface area contributed by atoms with Crippen LogP contribution in [0.25, 0.3) is 0 Å². The Hall–Kier alpha value is -2.03. The van der Waals surface area contributed by atoms with Crippen LogP contribution in [0.4, 0.5) is 0 Å². The highest BCUT2D eigenvalue weighted by Crippen LogP contribution is 2.12. The highest BCUT2D eigenvalue weighted by molar-refractivity contribution is 5.95. The minimum absolute atomic E-state index is 0.0318. The summed E-state index contributed by atoms with van der Waals surface area (Å²) >= 11 is 0. The normalized spacial score (nSPS) is 10.2. The van der Waals surface area contributed by atoms with E-state index in [2.05, 4.69) is 0 Å². The smallest absolute Gasteiger partial charge is 0.254 e. The van der Waals surface area contributed by atoms with E-state index in [1.54, 1.807) is 24.5 Å². The summed E-state index contributed by atoms with van der Waals surface area (Å²) in [6, 6.07) is 9.47. The third kappa shape index (κ3) is 2.56. The fraction of sp³-hybridized carbons (Fsp3) is 0.214. The van der Waals surface area contributed by atoms with Crippen LogP contribution in [0.2, 0.25) is 0 Å². The Morgan fingerprint density at radius 2 is 2.06 bits per heavy atom. The maximum absolute atomic E-state index is 12.2. The fourth-order valence-electron chi connectivity index (χ4n) is 1.75. The van der Waals surface area contributed by atoms with E-state index in [-0.39, 0.29) is 5.91 Å². The first kappa shape index (κ1) is 11.5. The van der Waals surface area contributed by atoms with Crippen LogP contribution in [0.1, 0.15) is 21.5 Å². The van der Waals surface area contributed by atoms with Crippen LogP contribution in [0.5, 0.6) is 0 Å². The Morgan fingerprint density at radius 1 is 1.29 bits per heavy atom. The molecule has 88 valence electrons. The lowest BCUT2D eigenvalue weighted by atomic mass is 10.1. The Morgan fingerprint density at radius 3 is 2.71 bits per heavy atom. The number of rotatable bonds is 3. The molecular weight excluding hydrogens is 214 g/mol. The second kappa shape index (κ2) is 4.87. The maximum Gasteiger partial charge on any atom is 0.254 e. The van der Waals surface area contributed by atoms with Crippen LogP contribution < -0.4 is 0 Å². The SMILES string of the molecule is Cc1ccccc1C(=O)N(C)Cc1ccoc1. The van der Waals surface area contributed by atoms with E-state index >= 15 is 0 Å². The van der Waals surface area contributed by atoms with Gasteiger partial charge in [0, 0.05) is 24.7 Å². The molecule has 17 heavy (non-hydrogen) atoms. The number of furan rings is 1. The highest BCUT2D eigenvalue weighted by Gasteiger charge is 2.13. The standard InChI is InChI=1S/C14H15NO2/c1-11-5-3-4-6-13(11)14(16)15(2)9-12-7-8-17-10-12/h3-8,10H,9H2,1-2H3. The summed E-state index contributed by atoms with van der Waals surface area (Å²) < 4.78 is 4.99. The van der Waals surface area contributed by atoms with Crippen molar-refractivity contribution in [1.29, 1.82) is 0 Å². The number of hydrogen-bond donors (Lipinski definition) is 0. The van der Waals surface area contributed by atoms with Crippen molar-refractivity contribution in [3.63, 3.8) is 0 Å². The summed E-state index contributed by atoms with van der Waals surface area (Å²) in [5.74, 6) is 0.0318. The largest absolute Gasteiger partial charge is 0.472 e. The first-order valence-corrected chi connectivity index (χ1v) is 5.50. The molecule has 0 unspecified atom stereocenters. The average Bonchev–Trinajstić information content (AvgIpc) is 2.81. The van der Waals surface area contributed by atoms with Gasteiger partial charge in [-0.25, -0.2) is 0 Å². The van der Waals surface area contributed by atoms with Crippen molar-refractivity contribution in [1.82, 2.24) is 4.90 Å². The van der Waals surface area contributed by atoms with Gasteiger partial charge in [0.1, 0.15) is 0 Å². The highest BCUT2D eigenvalue weighted by atomic mass is 16.3. The molecule has 2 rings (SSSR count). The lowest BCUT2D eigenvalue weighted by molar-refractivity contribution is 0.0784. The molecule has 0 saturated heterocycles. The number of carbonyl (C=O) groups excluding carboxylic acids is 1. The molecule has 0 aliphatic rings. The van der Waals surface area contributed by atoms with E-state index in [1.165, 1.54) is 0 Å². The quantitative estimate of drug-likeness (QED) is 0.810. The van der Waals surface area contributed by atoms with Crippen LogP contribution in [-0.2, 0) is 6.54 Å². The Labute approximate surface area is 101 Å².